The topological polar surface area (TPSA) is 122 Å². The van der Waals surface area contributed by atoms with Crippen LogP contribution in [-0.2, 0) is 19.3 Å². The fraction of sp³-hybridized carbons (Fsp3) is 0.188. The number of hydrogen-bond donors (Lipinski definition) is 3. The highest BCUT2D eigenvalue weighted by molar-refractivity contribution is 5.85. The summed E-state index contributed by atoms with van der Waals surface area (Å²) in [6.07, 6.45) is 4.55. The van der Waals surface area contributed by atoms with Crippen molar-refractivity contribution in [2.24, 2.45) is 7.05 Å². The van der Waals surface area contributed by atoms with Crippen molar-refractivity contribution in [3.63, 3.8) is 0 Å². The lowest BCUT2D eigenvalue weighted by molar-refractivity contribution is 0.0782. The number of aliphatic hydroxyl groups is 2. The molecule has 9 nitrogen and oxygen atoms in total. The van der Waals surface area contributed by atoms with Gasteiger partial charge in [0.05, 0.1) is 29.5 Å². The third-order valence-corrected chi connectivity index (χ3v) is 7.10. The minimum absolute atomic E-state index is 0.124. The summed E-state index contributed by atoms with van der Waals surface area (Å²) in [6.45, 7) is 8.44. The molecule has 0 bridgehead atoms. The predicted octanol–water partition coefficient (Wildman–Crippen LogP) is 4.78. The molecule has 0 atom stereocenters. The molecule has 3 heterocycles. The highest BCUT2D eigenvalue weighted by Gasteiger charge is 2.19. The molecule has 0 fully saturated rings. The number of benzene rings is 2. The Morgan fingerprint density at radius 1 is 1.10 bits per heavy atom. The van der Waals surface area contributed by atoms with Gasteiger partial charge in [-0.2, -0.15) is 9.78 Å². The number of halogens is 1. The predicted molar refractivity (Wildman–Crippen MR) is 161 cm³/mol. The molecule has 0 radical (unpaired) electrons. The quantitative estimate of drug-likeness (QED) is 0.259. The van der Waals surface area contributed by atoms with Gasteiger partial charge in [-0.3, -0.25) is 9.59 Å². The van der Waals surface area contributed by atoms with Gasteiger partial charge in [-0.25, -0.2) is 9.37 Å². The van der Waals surface area contributed by atoms with E-state index in [-0.39, 0.29) is 22.3 Å². The summed E-state index contributed by atoms with van der Waals surface area (Å²) in [4.78, 5) is 30.8. The Balaban J connectivity index is 1.61. The zero-order valence-corrected chi connectivity index (χ0v) is 23.6. The van der Waals surface area contributed by atoms with Crippen LogP contribution in [0, 0.1) is 5.82 Å². The minimum Gasteiger partial charge on any atom is -0.392 e. The van der Waals surface area contributed by atoms with Crippen LogP contribution in [0.2, 0.25) is 0 Å². The van der Waals surface area contributed by atoms with Gasteiger partial charge in [-0.05, 0) is 62.2 Å². The molecule has 214 valence electrons. The van der Waals surface area contributed by atoms with Gasteiger partial charge in [-0.15, -0.1) is 0 Å². The maximum absolute atomic E-state index is 15.1. The lowest BCUT2D eigenvalue weighted by Gasteiger charge is -2.18. The number of aryl methyl sites for hydroxylation is 1. The van der Waals surface area contributed by atoms with Crippen LogP contribution in [0.1, 0.15) is 37.5 Å². The van der Waals surface area contributed by atoms with Crippen LogP contribution in [0.4, 0.5) is 15.9 Å². The zero-order chi connectivity index (χ0) is 30.3. The summed E-state index contributed by atoms with van der Waals surface area (Å²) in [6, 6.07) is 13.0. The monoisotopic (exact) mass is 567 g/mol. The van der Waals surface area contributed by atoms with Crippen LogP contribution in [0.25, 0.3) is 33.2 Å². The second kappa shape index (κ2) is 10.8. The van der Waals surface area contributed by atoms with E-state index in [1.165, 1.54) is 23.0 Å². The van der Waals surface area contributed by atoms with Gasteiger partial charge >= 0.3 is 0 Å². The first-order chi connectivity index (χ1) is 19.9. The highest BCUT2D eigenvalue weighted by atomic mass is 19.1. The number of aliphatic hydroxyl groups excluding tert-OH is 1. The molecule has 0 aliphatic carbocycles. The van der Waals surface area contributed by atoms with Gasteiger partial charge in [0.15, 0.2) is 0 Å². The summed E-state index contributed by atoms with van der Waals surface area (Å²) in [5.41, 5.74) is 1.78. The number of nitrogens with zero attached hydrogens (tertiary/aromatic N) is 4. The molecule has 0 amide bonds. The summed E-state index contributed by atoms with van der Waals surface area (Å²) >= 11 is 0. The van der Waals surface area contributed by atoms with E-state index in [4.69, 9.17) is 0 Å². The summed E-state index contributed by atoms with van der Waals surface area (Å²) in [7, 11) is 1.60. The normalized spacial score (nSPS) is 11.6. The van der Waals surface area contributed by atoms with Crippen LogP contribution in [0.15, 0.2) is 83.3 Å². The molecular formula is C32H30FN5O4. The summed E-state index contributed by atoms with van der Waals surface area (Å²) < 4.78 is 17.5. The standard InChI is InChI=1S/C32H30FN5O4/c1-18(2)19-11-20-14-35-38(31(41)29(20)25(33)12-19)27-8-6-7-23(24(27)17-39)21-13-26(30(40)37(5)16-21)36-28-10-9-22(15-34-28)32(3,4)42/h6-16,39,42H,1,17H2,2-5H3,(H,34,36). The van der Waals surface area contributed by atoms with E-state index in [0.717, 1.165) is 4.68 Å². The number of hydrogen-bond acceptors (Lipinski definition) is 7. The Hall–Kier alpha value is -4.93. The summed E-state index contributed by atoms with van der Waals surface area (Å²) in [5.74, 6) is -0.288. The van der Waals surface area contributed by atoms with E-state index >= 15 is 4.39 Å². The van der Waals surface area contributed by atoms with Crippen molar-refractivity contribution >= 4 is 27.9 Å². The molecule has 0 saturated carbocycles. The first kappa shape index (κ1) is 28.6. The Bertz CT molecular complexity index is 1970. The van der Waals surface area contributed by atoms with Crippen molar-refractivity contribution < 1.29 is 14.6 Å². The maximum Gasteiger partial charge on any atom is 0.282 e. The molecule has 0 spiro atoms. The number of allylic oxidation sites excluding steroid dienone is 1. The van der Waals surface area contributed by atoms with Gasteiger partial charge in [0.25, 0.3) is 11.1 Å². The molecule has 0 saturated heterocycles. The third-order valence-electron chi connectivity index (χ3n) is 7.10. The van der Waals surface area contributed by atoms with Gasteiger partial charge in [0, 0.05) is 41.5 Å². The zero-order valence-electron chi connectivity index (χ0n) is 23.6. The number of rotatable bonds is 7. The van der Waals surface area contributed by atoms with E-state index < -0.39 is 23.6 Å². The lowest BCUT2D eigenvalue weighted by Crippen LogP contribution is -2.23. The first-order valence-electron chi connectivity index (χ1n) is 13.2. The van der Waals surface area contributed by atoms with Crippen LogP contribution in [0.5, 0.6) is 0 Å². The van der Waals surface area contributed by atoms with E-state index in [9.17, 15) is 19.8 Å². The SMILES string of the molecule is C=C(C)c1cc(F)c2c(=O)n(-c3cccc(-c4cc(Nc5ccc(C(C)(C)O)cn5)c(=O)n(C)c4)c3CO)ncc2c1. The van der Waals surface area contributed by atoms with E-state index in [1.54, 1.807) is 76.5 Å². The van der Waals surface area contributed by atoms with Crippen LogP contribution in [-0.4, -0.2) is 29.5 Å². The number of aromatic nitrogens is 4. The van der Waals surface area contributed by atoms with Gasteiger partial charge in [0.2, 0.25) is 0 Å². The number of nitrogens with one attached hydrogen (secondary N) is 1. The largest absolute Gasteiger partial charge is 0.392 e. The fourth-order valence-corrected chi connectivity index (χ4v) is 4.78. The molecule has 10 heteroatoms. The average molecular weight is 568 g/mol. The first-order valence-corrected chi connectivity index (χ1v) is 13.2. The van der Waals surface area contributed by atoms with Crippen molar-refractivity contribution in [1.82, 2.24) is 19.3 Å². The molecule has 3 N–H and O–H groups in total. The van der Waals surface area contributed by atoms with Gasteiger partial charge in [0.1, 0.15) is 17.3 Å². The fourth-order valence-electron chi connectivity index (χ4n) is 4.78. The Morgan fingerprint density at radius 2 is 1.86 bits per heavy atom. The molecular weight excluding hydrogens is 537 g/mol. The van der Waals surface area contributed by atoms with Crippen molar-refractivity contribution in [3.8, 4) is 16.8 Å². The van der Waals surface area contributed by atoms with E-state index in [2.05, 4.69) is 22.0 Å². The van der Waals surface area contributed by atoms with Crippen LogP contribution < -0.4 is 16.4 Å². The third kappa shape index (κ3) is 5.25. The number of pyridine rings is 2. The number of fused-ring (bicyclic) bond motifs is 1. The maximum atomic E-state index is 15.1. The molecule has 2 aromatic carbocycles. The number of anilines is 2. The minimum atomic E-state index is -1.06. The Labute approximate surface area is 240 Å². The van der Waals surface area contributed by atoms with Gasteiger partial charge in [-0.1, -0.05) is 30.4 Å². The molecule has 42 heavy (non-hydrogen) atoms. The van der Waals surface area contributed by atoms with Crippen molar-refractivity contribution in [1.29, 1.82) is 0 Å². The molecule has 3 aromatic heterocycles. The summed E-state index contributed by atoms with van der Waals surface area (Å²) in [5, 5.41) is 28.2. The van der Waals surface area contributed by atoms with E-state index in [1.807, 2.05) is 0 Å². The van der Waals surface area contributed by atoms with Crippen molar-refractivity contribution in [2.45, 2.75) is 33.0 Å². The highest BCUT2D eigenvalue weighted by Crippen LogP contribution is 2.30. The molecule has 0 aliphatic rings. The second-order valence-electron chi connectivity index (χ2n) is 10.7. The smallest absolute Gasteiger partial charge is 0.282 e. The van der Waals surface area contributed by atoms with Crippen molar-refractivity contribution in [2.75, 3.05) is 5.32 Å². The second-order valence-corrected chi connectivity index (χ2v) is 10.7. The van der Waals surface area contributed by atoms with Crippen LogP contribution >= 0.6 is 0 Å². The van der Waals surface area contributed by atoms with Crippen molar-refractivity contribution in [3.05, 3.63) is 117 Å². The molecule has 0 unspecified atom stereocenters. The van der Waals surface area contributed by atoms with E-state index in [0.29, 0.717) is 44.6 Å². The average Bonchev–Trinajstić information content (AvgIpc) is 2.94. The molecule has 5 aromatic rings. The molecule has 5 rings (SSSR count). The molecule has 0 aliphatic heterocycles. The lowest BCUT2D eigenvalue weighted by atomic mass is 9.99. The Morgan fingerprint density at radius 3 is 2.50 bits per heavy atom. The van der Waals surface area contributed by atoms with Crippen LogP contribution in [0.3, 0.4) is 0 Å². The Kier molecular flexibility index (Phi) is 7.36. The van der Waals surface area contributed by atoms with Gasteiger partial charge < -0.3 is 20.1 Å².